The monoisotopic (exact) mass is 225 g/mol. The van der Waals surface area contributed by atoms with Crippen molar-refractivity contribution >= 4 is 11.6 Å². The van der Waals surface area contributed by atoms with E-state index < -0.39 is 0 Å². The van der Waals surface area contributed by atoms with Gasteiger partial charge in [-0.1, -0.05) is 0 Å². The van der Waals surface area contributed by atoms with Crippen LogP contribution in [0.2, 0.25) is 0 Å². The van der Waals surface area contributed by atoms with E-state index in [1.54, 1.807) is 13.1 Å². The minimum atomic E-state index is -0.156. The van der Waals surface area contributed by atoms with Crippen molar-refractivity contribution in [1.29, 1.82) is 0 Å². The number of aromatic nitrogens is 3. The van der Waals surface area contributed by atoms with Gasteiger partial charge in [0.15, 0.2) is 5.43 Å². The maximum absolute atomic E-state index is 11.6. The van der Waals surface area contributed by atoms with E-state index in [1.807, 2.05) is 0 Å². The number of hydrogen-bond acceptors (Lipinski definition) is 4. The summed E-state index contributed by atoms with van der Waals surface area (Å²) in [5.74, 6) is 0.620. The average Bonchev–Trinajstić information content (AvgIpc) is 2.66. The maximum Gasteiger partial charge on any atom is 0.253 e. The average molecular weight is 226 g/mol. The predicted molar refractivity (Wildman–Crippen MR) is 54.6 cm³/mol. The molecule has 0 amide bonds. The van der Waals surface area contributed by atoms with Crippen molar-refractivity contribution in [3.05, 3.63) is 34.1 Å². The maximum atomic E-state index is 11.6. The van der Waals surface area contributed by atoms with Gasteiger partial charge in [0.1, 0.15) is 11.4 Å². The molecule has 2 aromatic rings. The Labute approximate surface area is 90.1 Å². The molecule has 2 aromatic heterocycles. The van der Waals surface area contributed by atoms with Gasteiger partial charge in [-0.05, 0) is 6.92 Å². The van der Waals surface area contributed by atoms with Crippen LogP contribution in [-0.4, -0.2) is 15.2 Å². The van der Waals surface area contributed by atoms with Crippen molar-refractivity contribution in [2.75, 3.05) is 0 Å². The summed E-state index contributed by atoms with van der Waals surface area (Å²) in [6.07, 6.45) is 1.54. The Morgan fingerprint density at radius 2 is 2.33 bits per heavy atom. The van der Waals surface area contributed by atoms with E-state index in [-0.39, 0.29) is 17.2 Å². The van der Waals surface area contributed by atoms with Gasteiger partial charge < -0.3 is 9.40 Å². The number of alkyl halides is 1. The van der Waals surface area contributed by atoms with Crippen LogP contribution in [0, 0.1) is 6.92 Å². The number of aryl methyl sites for hydroxylation is 1. The lowest BCUT2D eigenvalue weighted by Crippen LogP contribution is -2.05. The number of pyridine rings is 1. The fourth-order valence-electron chi connectivity index (χ4n) is 1.16. The number of nitrogens with zero attached hydrogens (tertiary/aromatic N) is 2. The first-order valence-electron chi connectivity index (χ1n) is 4.29. The minimum Gasteiger partial charge on any atom is -0.419 e. The Kier molecular flexibility index (Phi) is 2.55. The first-order valence-corrected chi connectivity index (χ1v) is 4.82. The highest BCUT2D eigenvalue weighted by Crippen LogP contribution is 2.13. The molecule has 0 radical (unpaired) electrons. The smallest absolute Gasteiger partial charge is 0.253 e. The van der Waals surface area contributed by atoms with E-state index in [1.165, 1.54) is 6.07 Å². The van der Waals surface area contributed by atoms with Gasteiger partial charge >= 0.3 is 0 Å². The van der Waals surface area contributed by atoms with Crippen LogP contribution in [0.15, 0.2) is 21.5 Å². The second-order valence-electron chi connectivity index (χ2n) is 3.03. The molecule has 0 saturated carbocycles. The summed E-state index contributed by atoms with van der Waals surface area (Å²) in [7, 11) is 0. The van der Waals surface area contributed by atoms with Gasteiger partial charge in [-0.25, -0.2) is 0 Å². The lowest BCUT2D eigenvalue weighted by Gasteiger charge is -1.94. The number of H-pyrrole nitrogens is 1. The van der Waals surface area contributed by atoms with Gasteiger partial charge in [-0.2, -0.15) is 0 Å². The summed E-state index contributed by atoms with van der Waals surface area (Å²) in [6.45, 7) is 1.79. The van der Waals surface area contributed by atoms with Crippen molar-refractivity contribution < 1.29 is 4.42 Å². The van der Waals surface area contributed by atoms with E-state index in [4.69, 9.17) is 16.0 Å². The molecule has 0 aliphatic rings. The Hall–Kier alpha value is -1.62. The zero-order valence-electron chi connectivity index (χ0n) is 7.95. The first kappa shape index (κ1) is 9.92. The van der Waals surface area contributed by atoms with Gasteiger partial charge in [0.2, 0.25) is 5.89 Å². The summed E-state index contributed by atoms with van der Waals surface area (Å²) in [5.41, 5.74) is 0.973. The lowest BCUT2D eigenvalue weighted by molar-refractivity contribution is 0.526. The molecule has 0 spiro atoms. The van der Waals surface area contributed by atoms with Crippen molar-refractivity contribution in [2.24, 2.45) is 0 Å². The van der Waals surface area contributed by atoms with Crippen LogP contribution in [-0.2, 0) is 5.88 Å². The molecule has 0 saturated heterocycles. The first-order chi connectivity index (χ1) is 7.20. The Bertz CT molecular complexity index is 532. The third kappa shape index (κ3) is 1.92. The van der Waals surface area contributed by atoms with Gasteiger partial charge in [-0.3, -0.25) is 4.79 Å². The van der Waals surface area contributed by atoms with Crippen LogP contribution in [0.3, 0.4) is 0 Å². The summed E-state index contributed by atoms with van der Waals surface area (Å²) in [4.78, 5) is 14.5. The topological polar surface area (TPSA) is 71.8 Å². The molecular formula is C9H8ClN3O2. The molecule has 0 unspecified atom stereocenters. The second-order valence-corrected chi connectivity index (χ2v) is 3.30. The van der Waals surface area contributed by atoms with Gasteiger partial charge in [0.25, 0.3) is 5.89 Å². The fraction of sp³-hybridized carbons (Fsp3) is 0.222. The van der Waals surface area contributed by atoms with Crippen molar-refractivity contribution in [3.8, 4) is 11.5 Å². The minimum absolute atomic E-state index is 0.136. The van der Waals surface area contributed by atoms with Gasteiger partial charge in [0, 0.05) is 18.0 Å². The summed E-state index contributed by atoms with van der Waals surface area (Å²) in [6, 6.07) is 1.47. The van der Waals surface area contributed by atoms with Crippen LogP contribution in [0.25, 0.3) is 11.5 Å². The quantitative estimate of drug-likeness (QED) is 0.786. The summed E-state index contributed by atoms with van der Waals surface area (Å²) in [5, 5.41) is 7.40. The molecule has 0 aliphatic carbocycles. The van der Waals surface area contributed by atoms with Crippen molar-refractivity contribution in [2.45, 2.75) is 12.8 Å². The zero-order chi connectivity index (χ0) is 10.8. The molecule has 0 aromatic carbocycles. The normalized spacial score (nSPS) is 10.5. The van der Waals surface area contributed by atoms with Gasteiger partial charge in [-0.15, -0.1) is 21.8 Å². The SMILES string of the molecule is Cc1cc(=O)c(-c2nnc(CCl)o2)c[nH]1. The van der Waals surface area contributed by atoms with Crippen LogP contribution >= 0.6 is 11.6 Å². The highest BCUT2D eigenvalue weighted by atomic mass is 35.5. The van der Waals surface area contributed by atoms with Crippen LogP contribution in [0.4, 0.5) is 0 Å². The molecule has 2 rings (SSSR count). The lowest BCUT2D eigenvalue weighted by atomic mass is 10.2. The van der Waals surface area contributed by atoms with Gasteiger partial charge in [0.05, 0.1) is 0 Å². The van der Waals surface area contributed by atoms with E-state index in [2.05, 4.69) is 15.2 Å². The number of aromatic amines is 1. The van der Waals surface area contributed by atoms with Crippen LogP contribution < -0.4 is 5.43 Å². The molecule has 0 aliphatic heterocycles. The molecule has 2 heterocycles. The number of hydrogen-bond donors (Lipinski definition) is 1. The Morgan fingerprint density at radius 1 is 1.53 bits per heavy atom. The number of halogens is 1. The fourth-order valence-corrected chi connectivity index (χ4v) is 1.26. The molecule has 1 N–H and O–H groups in total. The molecule has 0 fully saturated rings. The highest BCUT2D eigenvalue weighted by molar-refractivity contribution is 6.16. The molecule has 78 valence electrons. The van der Waals surface area contributed by atoms with Crippen LogP contribution in [0.5, 0.6) is 0 Å². The van der Waals surface area contributed by atoms with Crippen LogP contribution in [0.1, 0.15) is 11.6 Å². The Balaban J connectivity index is 2.49. The van der Waals surface area contributed by atoms with Crippen molar-refractivity contribution in [1.82, 2.24) is 15.2 Å². The standard InChI is InChI=1S/C9H8ClN3O2/c1-5-2-7(14)6(4-11-5)9-13-12-8(3-10)15-9/h2,4H,3H2,1H3,(H,11,14). The summed E-state index contributed by atoms with van der Waals surface area (Å²) < 4.78 is 5.17. The third-order valence-corrected chi connectivity index (χ3v) is 2.10. The van der Waals surface area contributed by atoms with E-state index in [0.29, 0.717) is 11.5 Å². The predicted octanol–water partition coefficient (Wildman–Crippen LogP) is 1.47. The molecule has 15 heavy (non-hydrogen) atoms. The molecule has 0 bridgehead atoms. The highest BCUT2D eigenvalue weighted by Gasteiger charge is 2.10. The summed E-state index contributed by atoms with van der Waals surface area (Å²) >= 11 is 5.51. The molecular weight excluding hydrogens is 218 g/mol. The van der Waals surface area contributed by atoms with E-state index in [0.717, 1.165) is 5.69 Å². The third-order valence-electron chi connectivity index (χ3n) is 1.87. The number of nitrogens with one attached hydrogen (secondary N) is 1. The van der Waals surface area contributed by atoms with E-state index in [9.17, 15) is 4.79 Å². The van der Waals surface area contributed by atoms with E-state index >= 15 is 0 Å². The Morgan fingerprint density at radius 3 is 2.93 bits per heavy atom. The second kappa shape index (κ2) is 3.86. The molecule has 6 heteroatoms. The molecule has 5 nitrogen and oxygen atoms in total. The number of rotatable bonds is 2. The largest absolute Gasteiger partial charge is 0.419 e. The van der Waals surface area contributed by atoms with Crippen molar-refractivity contribution in [3.63, 3.8) is 0 Å². The zero-order valence-corrected chi connectivity index (χ0v) is 8.71. The molecule has 0 atom stereocenters.